The molecular weight excluding hydrogens is 268 g/mol. The van der Waals surface area contributed by atoms with Crippen molar-refractivity contribution in [3.63, 3.8) is 0 Å². The molecule has 1 heterocycles. The molecule has 3 N–H and O–H groups in total. The van der Waals surface area contributed by atoms with E-state index in [0.29, 0.717) is 6.54 Å². The highest BCUT2D eigenvalue weighted by atomic mass is 35.5. The van der Waals surface area contributed by atoms with Gasteiger partial charge >= 0.3 is 0 Å². The summed E-state index contributed by atoms with van der Waals surface area (Å²) < 4.78 is 0. The average Bonchev–Trinajstić information content (AvgIpc) is 2.78. The lowest BCUT2D eigenvalue weighted by atomic mass is 9.74. The van der Waals surface area contributed by atoms with Crippen molar-refractivity contribution in [1.29, 1.82) is 0 Å². The van der Waals surface area contributed by atoms with Gasteiger partial charge in [-0.2, -0.15) is 11.3 Å². The predicted octanol–water partition coefficient (Wildman–Crippen LogP) is 2.69. The van der Waals surface area contributed by atoms with E-state index in [1.165, 1.54) is 0 Å². The van der Waals surface area contributed by atoms with Crippen LogP contribution in [0.15, 0.2) is 16.8 Å². The number of rotatable bonds is 3. The van der Waals surface area contributed by atoms with Crippen molar-refractivity contribution < 1.29 is 4.79 Å². The molecule has 18 heavy (non-hydrogen) atoms. The molecule has 0 spiro atoms. The zero-order chi connectivity index (χ0) is 12.3. The van der Waals surface area contributed by atoms with Crippen molar-refractivity contribution in [2.75, 3.05) is 0 Å². The van der Waals surface area contributed by atoms with Gasteiger partial charge in [-0.15, -0.1) is 12.4 Å². The Morgan fingerprint density at radius 1 is 1.61 bits per heavy atom. The highest BCUT2D eigenvalue weighted by Crippen LogP contribution is 2.31. The van der Waals surface area contributed by atoms with Gasteiger partial charge in [0.2, 0.25) is 5.91 Å². The fraction of sp³-hybridized carbons (Fsp3) is 0.615. The first-order valence-electron chi connectivity index (χ1n) is 6.17. The van der Waals surface area contributed by atoms with Gasteiger partial charge in [0.05, 0.1) is 5.92 Å². The lowest BCUT2D eigenvalue weighted by molar-refractivity contribution is -0.128. The van der Waals surface area contributed by atoms with Crippen LogP contribution in [0.4, 0.5) is 0 Å². The number of halogens is 1. The number of nitrogens with one attached hydrogen (secondary N) is 1. The highest BCUT2D eigenvalue weighted by Gasteiger charge is 2.37. The van der Waals surface area contributed by atoms with Crippen LogP contribution >= 0.6 is 23.7 Å². The maximum absolute atomic E-state index is 12.1. The summed E-state index contributed by atoms with van der Waals surface area (Å²) >= 11 is 1.65. The summed E-state index contributed by atoms with van der Waals surface area (Å²) in [6.07, 6.45) is 4.12. The van der Waals surface area contributed by atoms with Crippen LogP contribution in [0.3, 0.4) is 0 Å². The number of thiophene rings is 1. The SMILES string of the molecule is CC1(N)CCCCC1C(=O)NCc1ccsc1.Cl. The summed E-state index contributed by atoms with van der Waals surface area (Å²) in [6.45, 7) is 2.62. The molecule has 1 amide bonds. The van der Waals surface area contributed by atoms with Gasteiger partial charge in [0.15, 0.2) is 0 Å². The Labute approximate surface area is 119 Å². The first kappa shape index (κ1) is 15.5. The van der Waals surface area contributed by atoms with Crippen molar-refractivity contribution in [3.05, 3.63) is 22.4 Å². The van der Waals surface area contributed by atoms with E-state index < -0.39 is 0 Å². The molecule has 1 aromatic heterocycles. The largest absolute Gasteiger partial charge is 0.352 e. The summed E-state index contributed by atoms with van der Waals surface area (Å²) in [4.78, 5) is 12.1. The molecule has 5 heteroatoms. The molecule has 1 aromatic rings. The van der Waals surface area contributed by atoms with Crippen molar-refractivity contribution >= 4 is 29.7 Å². The minimum atomic E-state index is -0.336. The summed E-state index contributed by atoms with van der Waals surface area (Å²) in [5.74, 6) is 0.0794. The minimum absolute atomic E-state index is 0. The van der Waals surface area contributed by atoms with Crippen molar-refractivity contribution in [1.82, 2.24) is 5.32 Å². The molecule has 2 unspecified atom stereocenters. The lowest BCUT2D eigenvalue weighted by Gasteiger charge is -2.37. The van der Waals surface area contributed by atoms with Crippen LogP contribution < -0.4 is 11.1 Å². The second-order valence-electron chi connectivity index (χ2n) is 5.15. The van der Waals surface area contributed by atoms with E-state index in [-0.39, 0.29) is 29.8 Å². The van der Waals surface area contributed by atoms with Gasteiger partial charge in [0.25, 0.3) is 0 Å². The molecule has 1 fully saturated rings. The van der Waals surface area contributed by atoms with E-state index in [0.717, 1.165) is 31.2 Å². The van der Waals surface area contributed by atoms with Gasteiger partial charge in [-0.25, -0.2) is 0 Å². The second-order valence-corrected chi connectivity index (χ2v) is 5.93. The van der Waals surface area contributed by atoms with E-state index in [2.05, 4.69) is 10.7 Å². The molecule has 1 saturated carbocycles. The first-order valence-corrected chi connectivity index (χ1v) is 7.11. The monoisotopic (exact) mass is 288 g/mol. The fourth-order valence-corrected chi connectivity index (χ4v) is 3.16. The molecule has 0 saturated heterocycles. The predicted molar refractivity (Wildman–Crippen MR) is 78.0 cm³/mol. The topological polar surface area (TPSA) is 55.1 Å². The molecule has 0 radical (unpaired) electrons. The number of nitrogens with two attached hydrogens (primary N) is 1. The van der Waals surface area contributed by atoms with Gasteiger partial charge in [-0.1, -0.05) is 12.8 Å². The van der Waals surface area contributed by atoms with Gasteiger partial charge in [-0.05, 0) is 42.2 Å². The quantitative estimate of drug-likeness (QED) is 0.898. The Balaban J connectivity index is 0.00000162. The first-order chi connectivity index (χ1) is 8.09. The van der Waals surface area contributed by atoms with Crippen LogP contribution in [-0.2, 0) is 11.3 Å². The van der Waals surface area contributed by atoms with E-state index >= 15 is 0 Å². The maximum atomic E-state index is 12.1. The second kappa shape index (κ2) is 6.55. The van der Waals surface area contributed by atoms with Crippen LogP contribution in [0.5, 0.6) is 0 Å². The van der Waals surface area contributed by atoms with Gasteiger partial charge in [-0.3, -0.25) is 4.79 Å². The van der Waals surface area contributed by atoms with Crippen LogP contribution in [0.25, 0.3) is 0 Å². The maximum Gasteiger partial charge on any atom is 0.225 e. The number of hydrogen-bond donors (Lipinski definition) is 2. The summed E-state index contributed by atoms with van der Waals surface area (Å²) in [5.41, 5.74) is 7.04. The third kappa shape index (κ3) is 3.70. The zero-order valence-corrected chi connectivity index (χ0v) is 12.3. The molecule has 0 aromatic carbocycles. The minimum Gasteiger partial charge on any atom is -0.352 e. The lowest BCUT2D eigenvalue weighted by Crippen LogP contribution is -2.52. The standard InChI is InChI=1S/C13H20N2OS.ClH/c1-13(14)6-3-2-4-11(13)12(16)15-8-10-5-7-17-9-10;/h5,7,9,11H,2-4,6,8,14H2,1H3,(H,15,16);1H. The zero-order valence-electron chi connectivity index (χ0n) is 10.6. The molecule has 0 bridgehead atoms. The van der Waals surface area contributed by atoms with Gasteiger partial charge < -0.3 is 11.1 Å². The molecule has 2 rings (SSSR count). The Morgan fingerprint density at radius 2 is 2.39 bits per heavy atom. The summed E-state index contributed by atoms with van der Waals surface area (Å²) in [5, 5.41) is 7.08. The number of carbonyl (C=O) groups excluding carboxylic acids is 1. The Hall–Kier alpha value is -0.580. The Bertz CT molecular complexity index is 378. The number of amides is 1. The Morgan fingerprint density at radius 3 is 3.00 bits per heavy atom. The summed E-state index contributed by atoms with van der Waals surface area (Å²) in [6, 6.07) is 2.04. The molecule has 3 nitrogen and oxygen atoms in total. The molecule has 0 aliphatic heterocycles. The molecule has 2 atom stereocenters. The molecule has 1 aliphatic rings. The van der Waals surface area contributed by atoms with Crippen LogP contribution in [0.1, 0.15) is 38.2 Å². The van der Waals surface area contributed by atoms with E-state index in [4.69, 9.17) is 5.73 Å². The molecule has 102 valence electrons. The third-order valence-electron chi connectivity index (χ3n) is 3.62. The van der Waals surface area contributed by atoms with E-state index in [9.17, 15) is 4.79 Å². The van der Waals surface area contributed by atoms with Crippen molar-refractivity contribution in [2.45, 2.75) is 44.7 Å². The molecular formula is C13H21ClN2OS. The number of hydrogen-bond acceptors (Lipinski definition) is 3. The molecule has 1 aliphatic carbocycles. The van der Waals surface area contributed by atoms with E-state index in [1.807, 2.05) is 18.4 Å². The van der Waals surface area contributed by atoms with Gasteiger partial charge in [0.1, 0.15) is 0 Å². The number of carbonyl (C=O) groups is 1. The highest BCUT2D eigenvalue weighted by molar-refractivity contribution is 7.07. The van der Waals surface area contributed by atoms with Gasteiger partial charge in [0, 0.05) is 12.1 Å². The summed E-state index contributed by atoms with van der Waals surface area (Å²) in [7, 11) is 0. The van der Waals surface area contributed by atoms with E-state index in [1.54, 1.807) is 11.3 Å². The van der Waals surface area contributed by atoms with Crippen LogP contribution in [-0.4, -0.2) is 11.4 Å². The Kier molecular flexibility index (Phi) is 5.63. The fourth-order valence-electron chi connectivity index (χ4n) is 2.49. The van der Waals surface area contributed by atoms with Crippen LogP contribution in [0.2, 0.25) is 0 Å². The van der Waals surface area contributed by atoms with Crippen LogP contribution in [0, 0.1) is 5.92 Å². The normalized spacial score (nSPS) is 27.3. The van der Waals surface area contributed by atoms with Crippen molar-refractivity contribution in [3.8, 4) is 0 Å². The average molecular weight is 289 g/mol. The third-order valence-corrected chi connectivity index (χ3v) is 4.35. The smallest absolute Gasteiger partial charge is 0.225 e. The van der Waals surface area contributed by atoms with Crippen molar-refractivity contribution in [2.24, 2.45) is 11.7 Å².